The molecular weight excluding hydrogens is 799 g/mol. The molecule has 4 aromatic heterocycles. The first kappa shape index (κ1) is 35.8. The molecule has 1 saturated carbocycles. The molecule has 0 spiro atoms. The van der Waals surface area contributed by atoms with Crippen LogP contribution >= 0.6 is 11.8 Å². The molecule has 2 aliphatic carbocycles. The zero-order valence-electron chi connectivity index (χ0n) is 34.6. The molecule has 0 saturated heterocycles. The van der Waals surface area contributed by atoms with E-state index in [9.17, 15) is 0 Å². The van der Waals surface area contributed by atoms with Gasteiger partial charge >= 0.3 is 0 Å². The minimum absolute atomic E-state index is 0.0286. The Labute approximate surface area is 373 Å². The van der Waals surface area contributed by atoms with Crippen molar-refractivity contribution in [2.75, 3.05) is 0 Å². The van der Waals surface area contributed by atoms with E-state index in [1.807, 2.05) is 42.4 Å². The molecule has 4 nitrogen and oxygen atoms in total. The Morgan fingerprint density at radius 1 is 0.500 bits per heavy atom. The number of nitrogens with zero attached hydrogens (tertiary/aromatic N) is 3. The SMILES string of the molecule is C1=CC23CC2(C=C1c1ccc2c(c1)c1ccccc1n2-c1ccc2oc4ccc(-c5ccccc5-c5ccccn5)cc4c2c1)c1cc(-c2ccccc2-c2ccccn2)ccc1S3. The molecule has 2 atom stereocenters. The molecule has 2 unspecified atom stereocenters. The molecule has 5 heteroatoms. The van der Waals surface area contributed by atoms with Gasteiger partial charge in [-0.15, -0.1) is 11.8 Å². The summed E-state index contributed by atoms with van der Waals surface area (Å²) in [5.74, 6) is 0. The van der Waals surface area contributed by atoms with Crippen molar-refractivity contribution in [1.29, 1.82) is 0 Å². The van der Waals surface area contributed by atoms with E-state index in [-0.39, 0.29) is 10.2 Å². The molecule has 300 valence electrons. The summed E-state index contributed by atoms with van der Waals surface area (Å²) in [6.45, 7) is 0. The Morgan fingerprint density at radius 3 is 1.86 bits per heavy atom. The Balaban J connectivity index is 0.859. The van der Waals surface area contributed by atoms with Gasteiger partial charge < -0.3 is 8.98 Å². The van der Waals surface area contributed by atoms with Crippen LogP contribution < -0.4 is 0 Å². The van der Waals surface area contributed by atoms with Gasteiger partial charge in [-0.05, 0) is 130 Å². The van der Waals surface area contributed by atoms with Gasteiger partial charge in [0.05, 0.1) is 27.2 Å². The lowest BCUT2D eigenvalue weighted by Crippen LogP contribution is -2.15. The first-order chi connectivity index (χ1) is 31.6. The molecule has 0 bridgehead atoms. The van der Waals surface area contributed by atoms with Crippen molar-refractivity contribution in [2.45, 2.75) is 21.5 Å². The number of furan rings is 1. The van der Waals surface area contributed by atoms with Crippen LogP contribution in [0.25, 0.3) is 99.8 Å². The maximum absolute atomic E-state index is 6.47. The summed E-state index contributed by atoms with van der Waals surface area (Å²) in [5.41, 5.74) is 18.1. The smallest absolute Gasteiger partial charge is 0.135 e. The highest BCUT2D eigenvalue weighted by Crippen LogP contribution is 2.76. The molecule has 11 aromatic rings. The highest BCUT2D eigenvalue weighted by atomic mass is 32.2. The summed E-state index contributed by atoms with van der Waals surface area (Å²) in [6, 6.07) is 65.5. The second-order valence-electron chi connectivity index (χ2n) is 17.4. The number of para-hydroxylation sites is 1. The Kier molecular flexibility index (Phi) is 7.49. The van der Waals surface area contributed by atoms with Gasteiger partial charge in [-0.2, -0.15) is 0 Å². The van der Waals surface area contributed by atoms with Crippen molar-refractivity contribution in [3.8, 4) is 50.5 Å². The highest BCUT2D eigenvalue weighted by Gasteiger charge is 2.71. The second-order valence-corrected chi connectivity index (χ2v) is 18.8. The van der Waals surface area contributed by atoms with Crippen LogP contribution in [0.1, 0.15) is 17.5 Å². The molecule has 5 heterocycles. The molecule has 64 heavy (non-hydrogen) atoms. The minimum Gasteiger partial charge on any atom is -0.456 e. The third-order valence-electron chi connectivity index (χ3n) is 13.9. The van der Waals surface area contributed by atoms with E-state index in [0.717, 1.165) is 67.7 Å². The van der Waals surface area contributed by atoms with Crippen LogP contribution in [0.3, 0.4) is 0 Å². The van der Waals surface area contributed by atoms with Crippen LogP contribution in [0.15, 0.2) is 222 Å². The predicted octanol–water partition coefficient (Wildman–Crippen LogP) is 15.3. The summed E-state index contributed by atoms with van der Waals surface area (Å²) in [6.07, 6.45) is 12.3. The minimum atomic E-state index is -0.0286. The summed E-state index contributed by atoms with van der Waals surface area (Å²) < 4.78 is 8.96. The van der Waals surface area contributed by atoms with Crippen LogP contribution in [-0.2, 0) is 5.41 Å². The topological polar surface area (TPSA) is 43.9 Å². The zero-order chi connectivity index (χ0) is 42.0. The molecule has 0 amide bonds. The Morgan fingerprint density at radius 2 is 1.11 bits per heavy atom. The fourth-order valence-electron chi connectivity index (χ4n) is 10.8. The Hall–Kier alpha value is -7.73. The maximum Gasteiger partial charge on any atom is 0.135 e. The monoisotopic (exact) mass is 835 g/mol. The lowest BCUT2D eigenvalue weighted by atomic mass is 9.84. The zero-order valence-corrected chi connectivity index (χ0v) is 35.4. The summed E-state index contributed by atoms with van der Waals surface area (Å²) in [4.78, 5) is 10.8. The number of pyridine rings is 2. The largest absolute Gasteiger partial charge is 0.456 e. The predicted molar refractivity (Wildman–Crippen MR) is 264 cm³/mol. The van der Waals surface area contributed by atoms with Gasteiger partial charge in [0.2, 0.25) is 0 Å². The molecule has 0 radical (unpaired) electrons. The normalized spacial score (nSPS) is 18.3. The van der Waals surface area contributed by atoms with Crippen LogP contribution in [0, 0.1) is 0 Å². The first-order valence-electron chi connectivity index (χ1n) is 21.9. The standard InChI is InChI=1S/C59H37N3OS/c1-3-13-44(51-16-7-9-29-60-51)42(11-1)38-20-24-55-48(32-38)49-34-41(22-25-56(49)63-55)62-53-18-6-5-15-46(53)47-31-37(19-23-54(47)62)40-27-28-59-36-58(59,35-40)50-33-39(21-26-57(50)64-59)43-12-2-4-14-45(43)52-17-8-10-30-61-52/h1-35H,36H2. The Bertz CT molecular complexity index is 3810. The van der Waals surface area contributed by atoms with Gasteiger partial charge in [-0.25, -0.2) is 0 Å². The molecular formula is C59H37N3OS. The number of rotatable bonds is 6. The third kappa shape index (κ3) is 5.19. The second kappa shape index (κ2) is 13.4. The summed E-state index contributed by atoms with van der Waals surface area (Å²) in [5, 5.41) is 4.67. The van der Waals surface area contributed by atoms with Crippen molar-refractivity contribution < 1.29 is 4.42 Å². The first-order valence-corrected chi connectivity index (χ1v) is 22.7. The van der Waals surface area contributed by atoms with E-state index in [1.54, 1.807) is 0 Å². The number of allylic oxidation sites excluding steroid dienone is 3. The van der Waals surface area contributed by atoms with Crippen LogP contribution in [0.5, 0.6) is 0 Å². The number of hydrogen-bond acceptors (Lipinski definition) is 4. The van der Waals surface area contributed by atoms with E-state index >= 15 is 0 Å². The fourth-order valence-corrected chi connectivity index (χ4v) is 12.5. The van der Waals surface area contributed by atoms with Crippen molar-refractivity contribution in [3.63, 3.8) is 0 Å². The third-order valence-corrected chi connectivity index (χ3v) is 15.5. The van der Waals surface area contributed by atoms with E-state index in [0.29, 0.717) is 0 Å². The highest BCUT2D eigenvalue weighted by molar-refractivity contribution is 8.01. The number of fused-ring (bicyclic) bond motifs is 7. The van der Waals surface area contributed by atoms with Gasteiger partial charge in [-0.1, -0.05) is 115 Å². The van der Waals surface area contributed by atoms with Crippen LogP contribution in [0.2, 0.25) is 0 Å². The number of thioether (sulfide) groups is 1. The van der Waals surface area contributed by atoms with Crippen LogP contribution in [-0.4, -0.2) is 19.3 Å². The lowest BCUT2D eigenvalue weighted by molar-refractivity contribution is 0.669. The van der Waals surface area contributed by atoms with Gasteiger partial charge in [0.15, 0.2) is 0 Å². The lowest BCUT2D eigenvalue weighted by Gasteiger charge is -2.19. The fraction of sp³-hybridized carbons (Fsp3) is 0.0508. The summed E-state index contributed by atoms with van der Waals surface area (Å²) in [7, 11) is 0. The van der Waals surface area contributed by atoms with Gasteiger partial charge in [0.1, 0.15) is 11.2 Å². The van der Waals surface area contributed by atoms with Crippen LogP contribution in [0.4, 0.5) is 0 Å². The van der Waals surface area contributed by atoms with E-state index in [2.05, 4.69) is 192 Å². The van der Waals surface area contributed by atoms with Crippen molar-refractivity contribution in [2.24, 2.45) is 0 Å². The van der Waals surface area contributed by atoms with Gasteiger partial charge in [0.25, 0.3) is 0 Å². The molecule has 7 aromatic carbocycles. The molecule has 3 aliphatic rings. The van der Waals surface area contributed by atoms with Gasteiger partial charge in [0, 0.05) is 61.1 Å². The van der Waals surface area contributed by atoms with E-state index in [1.165, 1.54) is 54.5 Å². The quantitative estimate of drug-likeness (QED) is 0.167. The summed E-state index contributed by atoms with van der Waals surface area (Å²) >= 11 is 2.04. The number of benzene rings is 7. The van der Waals surface area contributed by atoms with E-state index in [4.69, 9.17) is 9.40 Å². The molecule has 0 N–H and O–H groups in total. The molecule has 14 rings (SSSR count). The van der Waals surface area contributed by atoms with Crippen molar-refractivity contribution in [3.05, 3.63) is 224 Å². The number of aromatic nitrogens is 3. The van der Waals surface area contributed by atoms with Crippen molar-refractivity contribution in [1.82, 2.24) is 14.5 Å². The number of hydrogen-bond donors (Lipinski definition) is 0. The molecule has 1 aliphatic heterocycles. The van der Waals surface area contributed by atoms with E-state index < -0.39 is 0 Å². The maximum atomic E-state index is 6.47. The average molecular weight is 836 g/mol. The average Bonchev–Trinajstić information content (AvgIpc) is 3.55. The van der Waals surface area contributed by atoms with Gasteiger partial charge in [-0.3, -0.25) is 9.97 Å². The molecule has 1 fully saturated rings. The van der Waals surface area contributed by atoms with Crippen molar-refractivity contribution >= 4 is 61.1 Å².